The van der Waals surface area contributed by atoms with Gasteiger partial charge in [0, 0.05) is 28.5 Å². The summed E-state index contributed by atoms with van der Waals surface area (Å²) in [5.74, 6) is 1.28. The molecule has 1 aliphatic rings. The summed E-state index contributed by atoms with van der Waals surface area (Å²) in [5, 5.41) is 4.04. The van der Waals surface area contributed by atoms with E-state index in [-0.39, 0.29) is 11.5 Å². The maximum Gasteiger partial charge on any atom is 0.0944 e. The van der Waals surface area contributed by atoms with E-state index < -0.39 is 0 Å². The maximum absolute atomic E-state index is 6.34. The van der Waals surface area contributed by atoms with Crippen LogP contribution in [0.5, 0.6) is 0 Å². The van der Waals surface area contributed by atoms with Crippen LogP contribution >= 0.6 is 23.1 Å². The second-order valence-corrected chi connectivity index (χ2v) is 8.44. The Hall–Kier alpha value is -0.0600. The van der Waals surface area contributed by atoms with E-state index in [1.54, 1.807) is 11.3 Å². The molecule has 2 nitrogen and oxygen atoms in total. The Labute approximate surface area is 119 Å². The van der Waals surface area contributed by atoms with E-state index in [0.717, 1.165) is 6.42 Å². The molecule has 2 rings (SSSR count). The first kappa shape index (κ1) is 14.4. The van der Waals surface area contributed by atoms with E-state index in [4.69, 9.17) is 10.7 Å². The minimum atomic E-state index is 0.151. The summed E-state index contributed by atoms with van der Waals surface area (Å²) in [6.45, 7) is 6.63. The Morgan fingerprint density at radius 1 is 1.44 bits per heavy atom. The fourth-order valence-electron chi connectivity index (χ4n) is 2.19. The molecule has 2 atom stereocenters. The fourth-order valence-corrected chi connectivity index (χ4v) is 4.63. The van der Waals surface area contributed by atoms with Crippen molar-refractivity contribution >= 4 is 23.1 Å². The van der Waals surface area contributed by atoms with Gasteiger partial charge in [-0.15, -0.1) is 11.3 Å². The van der Waals surface area contributed by atoms with Gasteiger partial charge in [-0.3, -0.25) is 0 Å². The molecule has 1 aliphatic heterocycles. The van der Waals surface area contributed by atoms with E-state index in [1.165, 1.54) is 35.7 Å². The summed E-state index contributed by atoms with van der Waals surface area (Å²) >= 11 is 3.82. The van der Waals surface area contributed by atoms with E-state index in [2.05, 4.69) is 37.9 Å². The van der Waals surface area contributed by atoms with Gasteiger partial charge in [0.15, 0.2) is 0 Å². The van der Waals surface area contributed by atoms with E-state index >= 15 is 0 Å². The molecule has 0 aliphatic carbocycles. The minimum absolute atomic E-state index is 0.151. The first-order valence-electron chi connectivity index (χ1n) is 6.79. The van der Waals surface area contributed by atoms with Gasteiger partial charge in [0.1, 0.15) is 0 Å². The largest absolute Gasteiger partial charge is 0.326 e. The van der Waals surface area contributed by atoms with Gasteiger partial charge in [-0.05, 0) is 18.6 Å². The zero-order valence-electron chi connectivity index (χ0n) is 11.6. The Balaban J connectivity index is 1.94. The molecule has 1 aromatic heterocycles. The van der Waals surface area contributed by atoms with Crippen molar-refractivity contribution < 1.29 is 0 Å². The third-order valence-electron chi connectivity index (χ3n) is 3.42. The molecule has 4 heteroatoms. The van der Waals surface area contributed by atoms with Crippen LogP contribution in [0.3, 0.4) is 0 Å². The number of hydrogen-bond acceptors (Lipinski definition) is 4. The highest BCUT2D eigenvalue weighted by molar-refractivity contribution is 8.00. The Bertz CT molecular complexity index is 375. The molecular formula is C14H24N2S2. The molecule has 2 N–H and O–H groups in total. The smallest absolute Gasteiger partial charge is 0.0944 e. The highest BCUT2D eigenvalue weighted by Crippen LogP contribution is 2.29. The predicted octanol–water partition coefficient (Wildman–Crippen LogP) is 3.60. The van der Waals surface area contributed by atoms with Crippen LogP contribution in [0.2, 0.25) is 0 Å². The number of thiazole rings is 1. The highest BCUT2D eigenvalue weighted by Gasteiger charge is 2.23. The molecule has 1 saturated heterocycles. The molecule has 0 spiro atoms. The van der Waals surface area contributed by atoms with Gasteiger partial charge in [0.2, 0.25) is 0 Å². The molecule has 1 aromatic rings. The number of nitrogens with two attached hydrogens (primary N) is 1. The lowest BCUT2D eigenvalue weighted by Crippen LogP contribution is -2.36. The summed E-state index contributed by atoms with van der Waals surface area (Å²) in [6.07, 6.45) is 4.93. The standard InChI is InChI=1S/C14H24N2S2/c1-14(2,3)12-9-18-13(16-12)8-10(15)11-6-4-5-7-17-11/h9-11H,4-8,15H2,1-3H3. The number of aromatic nitrogens is 1. The monoisotopic (exact) mass is 284 g/mol. The minimum Gasteiger partial charge on any atom is -0.326 e. The van der Waals surface area contributed by atoms with Gasteiger partial charge >= 0.3 is 0 Å². The molecule has 0 aromatic carbocycles. The highest BCUT2D eigenvalue weighted by atomic mass is 32.2. The number of nitrogens with zero attached hydrogens (tertiary/aromatic N) is 1. The van der Waals surface area contributed by atoms with Crippen molar-refractivity contribution in [3.8, 4) is 0 Å². The van der Waals surface area contributed by atoms with Gasteiger partial charge in [-0.2, -0.15) is 11.8 Å². The summed E-state index contributed by atoms with van der Waals surface area (Å²) in [6, 6.07) is 0.272. The summed E-state index contributed by atoms with van der Waals surface area (Å²) in [4.78, 5) is 4.75. The van der Waals surface area contributed by atoms with Crippen molar-refractivity contribution in [1.82, 2.24) is 4.98 Å². The number of hydrogen-bond donors (Lipinski definition) is 1. The van der Waals surface area contributed by atoms with E-state index in [0.29, 0.717) is 5.25 Å². The molecule has 18 heavy (non-hydrogen) atoms. The molecule has 1 fully saturated rings. The zero-order valence-corrected chi connectivity index (χ0v) is 13.2. The SMILES string of the molecule is CC(C)(C)c1csc(CC(N)C2CCCCS2)n1. The fraction of sp³-hybridized carbons (Fsp3) is 0.786. The molecule has 0 bridgehead atoms. The van der Waals surface area contributed by atoms with Gasteiger partial charge in [-0.25, -0.2) is 4.98 Å². The lowest BCUT2D eigenvalue weighted by molar-refractivity contribution is 0.549. The first-order chi connectivity index (χ1) is 8.47. The van der Waals surface area contributed by atoms with Crippen molar-refractivity contribution in [3.63, 3.8) is 0 Å². The van der Waals surface area contributed by atoms with E-state index in [1.807, 2.05) is 0 Å². The van der Waals surface area contributed by atoms with Crippen LogP contribution in [0.15, 0.2) is 5.38 Å². The summed E-state index contributed by atoms with van der Waals surface area (Å²) < 4.78 is 0. The maximum atomic E-state index is 6.34. The van der Waals surface area contributed by atoms with Crippen LogP contribution in [0, 0.1) is 0 Å². The van der Waals surface area contributed by atoms with Crippen molar-refractivity contribution in [1.29, 1.82) is 0 Å². The molecule has 0 amide bonds. The van der Waals surface area contributed by atoms with Crippen molar-refractivity contribution in [2.75, 3.05) is 5.75 Å². The van der Waals surface area contributed by atoms with Crippen LogP contribution in [0.4, 0.5) is 0 Å². The van der Waals surface area contributed by atoms with Crippen molar-refractivity contribution in [2.45, 2.75) is 63.2 Å². The van der Waals surface area contributed by atoms with Crippen LogP contribution < -0.4 is 5.73 Å². The Morgan fingerprint density at radius 3 is 2.78 bits per heavy atom. The average Bonchev–Trinajstić information content (AvgIpc) is 2.78. The molecule has 2 unspecified atom stereocenters. The second kappa shape index (κ2) is 5.93. The summed E-state index contributed by atoms with van der Waals surface area (Å²) in [7, 11) is 0. The number of thioether (sulfide) groups is 1. The zero-order chi connectivity index (χ0) is 13.2. The topological polar surface area (TPSA) is 38.9 Å². The second-order valence-electron chi connectivity index (χ2n) is 6.15. The third-order valence-corrected chi connectivity index (χ3v) is 5.83. The molecule has 2 heterocycles. The predicted molar refractivity (Wildman–Crippen MR) is 82.6 cm³/mol. The molecular weight excluding hydrogens is 260 g/mol. The number of rotatable bonds is 3. The molecule has 0 saturated carbocycles. The van der Waals surface area contributed by atoms with Gasteiger partial charge in [-0.1, -0.05) is 27.2 Å². The summed E-state index contributed by atoms with van der Waals surface area (Å²) in [5.41, 5.74) is 7.70. The van der Waals surface area contributed by atoms with Gasteiger partial charge < -0.3 is 5.73 Å². The van der Waals surface area contributed by atoms with Crippen molar-refractivity contribution in [3.05, 3.63) is 16.1 Å². The normalized spacial score (nSPS) is 23.0. The van der Waals surface area contributed by atoms with Crippen molar-refractivity contribution in [2.24, 2.45) is 5.73 Å². The van der Waals surface area contributed by atoms with Crippen LogP contribution in [-0.2, 0) is 11.8 Å². The molecule has 0 radical (unpaired) electrons. The Kier molecular flexibility index (Phi) is 4.73. The van der Waals surface area contributed by atoms with Gasteiger partial charge in [0.25, 0.3) is 0 Å². The Morgan fingerprint density at radius 2 is 2.22 bits per heavy atom. The lowest BCUT2D eigenvalue weighted by atomic mass is 9.93. The van der Waals surface area contributed by atoms with Crippen LogP contribution in [0.1, 0.15) is 50.7 Å². The quantitative estimate of drug-likeness (QED) is 0.922. The van der Waals surface area contributed by atoms with Gasteiger partial charge in [0.05, 0.1) is 10.7 Å². The van der Waals surface area contributed by atoms with Crippen LogP contribution in [0.25, 0.3) is 0 Å². The third kappa shape index (κ3) is 3.72. The first-order valence-corrected chi connectivity index (χ1v) is 8.72. The average molecular weight is 284 g/mol. The van der Waals surface area contributed by atoms with Crippen LogP contribution in [-0.4, -0.2) is 22.0 Å². The molecule has 102 valence electrons. The lowest BCUT2D eigenvalue weighted by Gasteiger charge is -2.26. The van der Waals surface area contributed by atoms with E-state index in [9.17, 15) is 0 Å².